The van der Waals surface area contributed by atoms with Crippen LogP contribution in [-0.2, 0) is 16.6 Å². The van der Waals surface area contributed by atoms with E-state index in [9.17, 15) is 9.59 Å². The van der Waals surface area contributed by atoms with Crippen molar-refractivity contribution in [2.24, 2.45) is 13.0 Å². The Kier molecular flexibility index (Phi) is 5.11. The van der Waals surface area contributed by atoms with E-state index in [-0.39, 0.29) is 17.7 Å². The molecule has 1 aliphatic carbocycles. The van der Waals surface area contributed by atoms with E-state index in [1.54, 1.807) is 11.7 Å². The molecule has 0 bridgehead atoms. The van der Waals surface area contributed by atoms with Crippen LogP contribution in [0.4, 0.5) is 0 Å². The van der Waals surface area contributed by atoms with Gasteiger partial charge in [0.2, 0.25) is 17.0 Å². The molecule has 1 aromatic carbocycles. The average molecular weight is 386 g/mol. The summed E-state index contributed by atoms with van der Waals surface area (Å²) in [5, 5.41) is 11.8. The highest BCUT2D eigenvalue weighted by atomic mass is 32.2. The number of aromatic nitrogens is 4. The van der Waals surface area contributed by atoms with Crippen LogP contribution in [-0.4, -0.2) is 73.8 Å². The molecule has 142 valence electrons. The van der Waals surface area contributed by atoms with Crippen molar-refractivity contribution in [2.45, 2.75) is 17.5 Å². The van der Waals surface area contributed by atoms with E-state index in [4.69, 9.17) is 0 Å². The molecule has 1 saturated heterocycles. The van der Waals surface area contributed by atoms with Gasteiger partial charge < -0.3 is 9.80 Å². The Morgan fingerprint density at radius 2 is 1.81 bits per heavy atom. The standard InChI is InChI=1S/C18H22N6O2S/c1-22-18(19-20-21-22)27-12-16(25)23-7-9-24(10-8-23)17(26)15-11-14(15)13-5-3-2-4-6-13/h2-6,14-15H,7-12H2,1H3/t14-,15+/m0/s1. The van der Waals surface area contributed by atoms with Gasteiger partial charge in [-0.15, -0.1) is 5.10 Å². The summed E-state index contributed by atoms with van der Waals surface area (Å²) in [5.41, 5.74) is 1.25. The van der Waals surface area contributed by atoms with Gasteiger partial charge >= 0.3 is 0 Å². The number of tetrazole rings is 1. The van der Waals surface area contributed by atoms with Crippen molar-refractivity contribution in [3.63, 3.8) is 0 Å². The van der Waals surface area contributed by atoms with Crippen LogP contribution in [0.1, 0.15) is 17.9 Å². The Labute approximate surface area is 161 Å². The summed E-state index contributed by atoms with van der Waals surface area (Å²) in [5.74, 6) is 1.06. The van der Waals surface area contributed by atoms with Gasteiger partial charge in [-0.25, -0.2) is 4.68 Å². The summed E-state index contributed by atoms with van der Waals surface area (Å²) >= 11 is 1.33. The zero-order valence-corrected chi connectivity index (χ0v) is 16.0. The first-order valence-electron chi connectivity index (χ1n) is 9.10. The molecule has 2 aromatic rings. The van der Waals surface area contributed by atoms with Gasteiger partial charge in [0.25, 0.3) is 0 Å². The molecule has 9 heteroatoms. The van der Waals surface area contributed by atoms with Crippen LogP contribution in [0.2, 0.25) is 0 Å². The second kappa shape index (κ2) is 7.67. The number of thioether (sulfide) groups is 1. The highest BCUT2D eigenvalue weighted by Crippen LogP contribution is 2.48. The molecule has 0 N–H and O–H groups in total. The number of amides is 2. The molecule has 2 atom stereocenters. The maximum absolute atomic E-state index is 12.7. The fraction of sp³-hybridized carbons (Fsp3) is 0.500. The van der Waals surface area contributed by atoms with Gasteiger partial charge in [-0.05, 0) is 28.3 Å². The van der Waals surface area contributed by atoms with Gasteiger partial charge in [-0.1, -0.05) is 42.1 Å². The molecular formula is C18H22N6O2S. The summed E-state index contributed by atoms with van der Waals surface area (Å²) in [6.45, 7) is 2.40. The lowest BCUT2D eigenvalue weighted by atomic mass is 10.1. The highest BCUT2D eigenvalue weighted by Gasteiger charge is 2.46. The number of carbonyl (C=O) groups is 2. The normalized spacial score (nSPS) is 22.0. The van der Waals surface area contributed by atoms with Gasteiger partial charge in [0, 0.05) is 39.1 Å². The molecule has 2 fully saturated rings. The van der Waals surface area contributed by atoms with Crippen LogP contribution in [0.25, 0.3) is 0 Å². The second-order valence-corrected chi connectivity index (χ2v) is 7.88. The maximum Gasteiger partial charge on any atom is 0.233 e. The van der Waals surface area contributed by atoms with Gasteiger partial charge in [0.1, 0.15) is 0 Å². The van der Waals surface area contributed by atoms with E-state index < -0.39 is 0 Å². The SMILES string of the molecule is Cn1nnnc1SCC(=O)N1CCN(C(=O)[C@@H]2C[C@H]2c2ccccc2)CC1. The average Bonchev–Trinajstić information content (AvgIpc) is 3.41. The Bertz CT molecular complexity index is 818. The third kappa shape index (κ3) is 3.97. The van der Waals surface area contributed by atoms with Crippen molar-refractivity contribution < 1.29 is 9.59 Å². The monoisotopic (exact) mass is 386 g/mol. The van der Waals surface area contributed by atoms with E-state index in [0.29, 0.717) is 43.0 Å². The van der Waals surface area contributed by atoms with Crippen LogP contribution in [0.3, 0.4) is 0 Å². The van der Waals surface area contributed by atoms with Crippen molar-refractivity contribution >= 4 is 23.6 Å². The van der Waals surface area contributed by atoms with E-state index in [2.05, 4.69) is 27.7 Å². The van der Waals surface area contributed by atoms with Gasteiger partial charge in [-0.2, -0.15) is 0 Å². The number of carbonyl (C=O) groups excluding carboxylic acids is 2. The molecule has 1 aromatic heterocycles. The van der Waals surface area contributed by atoms with Crippen LogP contribution in [0.15, 0.2) is 35.5 Å². The summed E-state index contributed by atoms with van der Waals surface area (Å²) in [4.78, 5) is 28.9. The quantitative estimate of drug-likeness (QED) is 0.706. The molecular weight excluding hydrogens is 364 g/mol. The molecule has 2 amide bonds. The van der Waals surface area contributed by atoms with Crippen molar-refractivity contribution in [2.75, 3.05) is 31.9 Å². The van der Waals surface area contributed by atoms with Crippen LogP contribution in [0.5, 0.6) is 0 Å². The molecule has 1 aliphatic heterocycles. The van der Waals surface area contributed by atoms with Gasteiger partial charge in [0.05, 0.1) is 5.75 Å². The van der Waals surface area contributed by atoms with E-state index in [1.165, 1.54) is 17.3 Å². The maximum atomic E-state index is 12.7. The van der Waals surface area contributed by atoms with Crippen LogP contribution in [0, 0.1) is 5.92 Å². The Morgan fingerprint density at radius 3 is 2.48 bits per heavy atom. The molecule has 4 rings (SSSR count). The smallest absolute Gasteiger partial charge is 0.233 e. The van der Waals surface area contributed by atoms with Crippen molar-refractivity contribution in [3.8, 4) is 0 Å². The number of rotatable bonds is 5. The molecule has 0 radical (unpaired) electrons. The Morgan fingerprint density at radius 1 is 1.11 bits per heavy atom. The molecule has 1 saturated carbocycles. The minimum atomic E-state index is 0.0590. The lowest BCUT2D eigenvalue weighted by Gasteiger charge is -2.35. The fourth-order valence-corrected chi connectivity index (χ4v) is 4.26. The highest BCUT2D eigenvalue weighted by molar-refractivity contribution is 7.99. The zero-order valence-electron chi connectivity index (χ0n) is 15.2. The number of benzene rings is 1. The van der Waals surface area contributed by atoms with E-state index >= 15 is 0 Å². The van der Waals surface area contributed by atoms with E-state index in [1.807, 2.05) is 28.0 Å². The van der Waals surface area contributed by atoms with Crippen LogP contribution >= 0.6 is 11.8 Å². The van der Waals surface area contributed by atoms with Gasteiger partial charge in [-0.3, -0.25) is 9.59 Å². The number of hydrogen-bond acceptors (Lipinski definition) is 6. The summed E-state index contributed by atoms with van der Waals surface area (Å²) < 4.78 is 1.55. The Balaban J connectivity index is 1.24. The van der Waals surface area contributed by atoms with E-state index in [0.717, 1.165) is 6.42 Å². The van der Waals surface area contributed by atoms with Crippen molar-refractivity contribution in [1.82, 2.24) is 30.0 Å². The summed E-state index contributed by atoms with van der Waals surface area (Å²) in [6.07, 6.45) is 0.935. The molecule has 27 heavy (non-hydrogen) atoms. The molecule has 2 heterocycles. The lowest BCUT2D eigenvalue weighted by molar-refractivity contribution is -0.139. The minimum absolute atomic E-state index is 0.0590. The van der Waals surface area contributed by atoms with Crippen molar-refractivity contribution in [3.05, 3.63) is 35.9 Å². The molecule has 0 unspecified atom stereocenters. The predicted molar refractivity (Wildman–Crippen MR) is 100.0 cm³/mol. The summed E-state index contributed by atoms with van der Waals surface area (Å²) in [7, 11) is 1.75. The first kappa shape index (κ1) is 18.0. The number of nitrogens with zero attached hydrogens (tertiary/aromatic N) is 6. The number of hydrogen-bond donors (Lipinski definition) is 0. The topological polar surface area (TPSA) is 84.2 Å². The van der Waals surface area contributed by atoms with Crippen molar-refractivity contribution in [1.29, 1.82) is 0 Å². The molecule has 0 spiro atoms. The lowest BCUT2D eigenvalue weighted by Crippen LogP contribution is -2.51. The second-order valence-electron chi connectivity index (χ2n) is 6.94. The number of piperazine rings is 1. The largest absolute Gasteiger partial charge is 0.339 e. The first-order valence-corrected chi connectivity index (χ1v) is 10.1. The molecule has 8 nitrogen and oxygen atoms in total. The van der Waals surface area contributed by atoms with Gasteiger partial charge in [0.15, 0.2) is 0 Å². The minimum Gasteiger partial charge on any atom is -0.339 e. The van der Waals surface area contributed by atoms with Crippen LogP contribution < -0.4 is 0 Å². The first-order chi connectivity index (χ1) is 13.1. The Hall–Kier alpha value is -2.42. The third-order valence-corrected chi connectivity index (χ3v) is 6.18. The fourth-order valence-electron chi connectivity index (χ4n) is 3.51. The number of aryl methyl sites for hydroxylation is 1. The zero-order chi connectivity index (χ0) is 18.8. The third-order valence-electron chi connectivity index (χ3n) is 5.19. The predicted octanol–water partition coefficient (Wildman–Crippen LogP) is 0.777. The summed E-state index contributed by atoms with van der Waals surface area (Å²) in [6, 6.07) is 10.2. The molecule has 2 aliphatic rings.